The molecule has 1 atom stereocenters. The normalized spacial score (nSPS) is 21.1. The van der Waals surface area contributed by atoms with E-state index in [0.29, 0.717) is 13.0 Å². The minimum Gasteiger partial charge on any atom is -0.336 e. The van der Waals surface area contributed by atoms with E-state index < -0.39 is 0 Å². The van der Waals surface area contributed by atoms with E-state index in [2.05, 4.69) is 66.4 Å². The van der Waals surface area contributed by atoms with Crippen molar-refractivity contribution in [3.63, 3.8) is 0 Å². The van der Waals surface area contributed by atoms with Crippen LogP contribution in [0, 0.1) is 0 Å². The Balaban J connectivity index is 1.19. The maximum Gasteiger partial charge on any atom is 0.249 e. The van der Waals surface area contributed by atoms with Crippen LogP contribution in [0.25, 0.3) is 11.1 Å². The summed E-state index contributed by atoms with van der Waals surface area (Å²) in [7, 11) is 0. The van der Waals surface area contributed by atoms with Crippen molar-refractivity contribution in [3.05, 3.63) is 77.9 Å². The molecule has 2 amide bonds. The number of carbonyl (C=O) groups is 2. The first-order valence-corrected chi connectivity index (χ1v) is 12.5. The summed E-state index contributed by atoms with van der Waals surface area (Å²) in [4.78, 5) is 31.9. The van der Waals surface area contributed by atoms with Gasteiger partial charge in [-0.1, -0.05) is 61.5 Å². The lowest BCUT2D eigenvalue weighted by molar-refractivity contribution is -0.129. The molecule has 0 saturated carbocycles. The van der Waals surface area contributed by atoms with Gasteiger partial charge in [-0.05, 0) is 48.1 Å². The van der Waals surface area contributed by atoms with Crippen LogP contribution >= 0.6 is 0 Å². The van der Waals surface area contributed by atoms with Crippen LogP contribution in [0.4, 0.5) is 5.69 Å². The summed E-state index contributed by atoms with van der Waals surface area (Å²) in [5, 5.41) is 0. The summed E-state index contributed by atoms with van der Waals surface area (Å²) in [6.45, 7) is 6.00. The second-order valence-electron chi connectivity index (χ2n) is 9.45. The maximum atomic E-state index is 12.9. The molecule has 5 heteroatoms. The molecule has 34 heavy (non-hydrogen) atoms. The van der Waals surface area contributed by atoms with Gasteiger partial charge in [0.15, 0.2) is 0 Å². The predicted molar refractivity (Wildman–Crippen MR) is 137 cm³/mol. The second kappa shape index (κ2) is 9.98. The molecule has 3 aliphatic rings. The van der Waals surface area contributed by atoms with Gasteiger partial charge in [-0.3, -0.25) is 14.5 Å². The first kappa shape index (κ1) is 22.6. The van der Waals surface area contributed by atoms with E-state index in [0.717, 1.165) is 56.7 Å². The molecule has 2 heterocycles. The van der Waals surface area contributed by atoms with E-state index in [-0.39, 0.29) is 17.9 Å². The number of benzene rings is 2. The molecule has 2 saturated heterocycles. The van der Waals surface area contributed by atoms with Crippen molar-refractivity contribution in [2.45, 2.75) is 38.6 Å². The number of rotatable bonds is 5. The molecule has 0 spiro atoms. The summed E-state index contributed by atoms with van der Waals surface area (Å²) in [5.41, 5.74) is 5.60. The van der Waals surface area contributed by atoms with Crippen molar-refractivity contribution in [2.24, 2.45) is 0 Å². The van der Waals surface area contributed by atoms with Gasteiger partial charge in [0, 0.05) is 56.4 Å². The van der Waals surface area contributed by atoms with Crippen LogP contribution in [-0.2, 0) is 16.0 Å². The lowest BCUT2D eigenvalue weighted by atomic mass is 10.0. The van der Waals surface area contributed by atoms with Crippen molar-refractivity contribution in [2.75, 3.05) is 37.6 Å². The highest BCUT2D eigenvalue weighted by Gasteiger charge is 2.36. The molecule has 0 bridgehead atoms. The topological polar surface area (TPSA) is 43.9 Å². The van der Waals surface area contributed by atoms with E-state index in [1.165, 1.54) is 16.7 Å². The first-order chi connectivity index (χ1) is 16.6. The molecule has 5 nitrogen and oxygen atoms in total. The summed E-state index contributed by atoms with van der Waals surface area (Å²) in [6.07, 6.45) is 9.40. The monoisotopic (exact) mass is 455 g/mol. The fourth-order valence-electron chi connectivity index (χ4n) is 5.26. The van der Waals surface area contributed by atoms with Gasteiger partial charge in [-0.25, -0.2) is 0 Å². The van der Waals surface area contributed by atoms with Crippen molar-refractivity contribution < 1.29 is 9.59 Å². The summed E-state index contributed by atoms with van der Waals surface area (Å²) in [6, 6.07) is 17.2. The summed E-state index contributed by atoms with van der Waals surface area (Å²) in [5.74, 6) is 0.362. The Morgan fingerprint density at radius 1 is 1.00 bits per heavy atom. The standard InChI is InChI=1S/C29H33N3O2/c1-2-22-7-6-10-25(19-22)23-11-13-26(14-12-23)32-21-27(20-28(32)33)30-15-17-31(18-16-30)29(34)24-8-4-3-5-9-24/h3-4,6-8,10-14,19,27H,2,5,9,15-18,20-21H2,1H3. The molecular formula is C29H33N3O2. The average molecular weight is 456 g/mol. The van der Waals surface area contributed by atoms with Gasteiger partial charge in [0.05, 0.1) is 0 Å². The predicted octanol–water partition coefficient (Wildman–Crippen LogP) is 4.44. The molecule has 2 aromatic carbocycles. The fourth-order valence-corrected chi connectivity index (χ4v) is 5.26. The number of aryl methyl sites for hydroxylation is 1. The van der Waals surface area contributed by atoms with E-state index >= 15 is 0 Å². The molecule has 0 N–H and O–H groups in total. The number of amides is 2. The number of hydrogen-bond acceptors (Lipinski definition) is 3. The van der Waals surface area contributed by atoms with Gasteiger partial charge in [0.25, 0.3) is 0 Å². The highest BCUT2D eigenvalue weighted by molar-refractivity contribution is 5.96. The number of anilines is 1. The summed E-state index contributed by atoms with van der Waals surface area (Å²) >= 11 is 0. The van der Waals surface area contributed by atoms with Crippen LogP contribution in [0.3, 0.4) is 0 Å². The Hall–Kier alpha value is -3.18. The smallest absolute Gasteiger partial charge is 0.249 e. The zero-order valence-electron chi connectivity index (χ0n) is 20.0. The van der Waals surface area contributed by atoms with Crippen LogP contribution < -0.4 is 4.90 Å². The molecule has 2 fully saturated rings. The van der Waals surface area contributed by atoms with Crippen molar-refractivity contribution >= 4 is 17.5 Å². The second-order valence-corrected chi connectivity index (χ2v) is 9.45. The Bertz CT molecular complexity index is 1110. The average Bonchev–Trinajstić information content (AvgIpc) is 3.30. The Labute approximate surface area is 202 Å². The van der Waals surface area contributed by atoms with E-state index in [1.807, 2.05) is 22.0 Å². The highest BCUT2D eigenvalue weighted by atomic mass is 16.2. The molecular weight excluding hydrogens is 422 g/mol. The zero-order valence-corrected chi connectivity index (χ0v) is 20.0. The van der Waals surface area contributed by atoms with E-state index in [9.17, 15) is 9.59 Å². The van der Waals surface area contributed by atoms with E-state index in [4.69, 9.17) is 0 Å². The lowest BCUT2D eigenvalue weighted by Gasteiger charge is -2.38. The Kier molecular flexibility index (Phi) is 6.63. The summed E-state index contributed by atoms with van der Waals surface area (Å²) < 4.78 is 0. The van der Waals surface area contributed by atoms with Gasteiger partial charge in [0.2, 0.25) is 11.8 Å². The quantitative estimate of drug-likeness (QED) is 0.670. The van der Waals surface area contributed by atoms with Crippen LogP contribution in [0.15, 0.2) is 72.3 Å². The van der Waals surface area contributed by atoms with Gasteiger partial charge in [-0.15, -0.1) is 0 Å². The minimum atomic E-state index is 0.178. The van der Waals surface area contributed by atoms with Crippen molar-refractivity contribution in [1.82, 2.24) is 9.80 Å². The molecule has 5 rings (SSSR count). The first-order valence-electron chi connectivity index (χ1n) is 12.5. The largest absolute Gasteiger partial charge is 0.336 e. The van der Waals surface area contributed by atoms with Gasteiger partial charge < -0.3 is 9.80 Å². The van der Waals surface area contributed by atoms with Gasteiger partial charge in [-0.2, -0.15) is 0 Å². The number of carbonyl (C=O) groups excluding carboxylic acids is 2. The number of nitrogens with zero attached hydrogens (tertiary/aromatic N) is 3. The highest BCUT2D eigenvalue weighted by Crippen LogP contribution is 2.28. The fraction of sp³-hybridized carbons (Fsp3) is 0.379. The third-order valence-electron chi connectivity index (χ3n) is 7.36. The lowest BCUT2D eigenvalue weighted by Crippen LogP contribution is -2.52. The molecule has 1 aliphatic carbocycles. The van der Waals surface area contributed by atoms with Crippen LogP contribution in [-0.4, -0.2) is 60.4 Å². The minimum absolute atomic E-state index is 0.178. The number of allylic oxidation sites excluding steroid dienone is 3. The van der Waals surface area contributed by atoms with Gasteiger partial charge >= 0.3 is 0 Å². The molecule has 0 aromatic heterocycles. The third-order valence-corrected chi connectivity index (χ3v) is 7.36. The SMILES string of the molecule is CCc1cccc(-c2ccc(N3CC(N4CCN(C(=O)C5=CC=CCC5)CC4)CC3=O)cc2)c1. The maximum absolute atomic E-state index is 12.9. The molecule has 2 aromatic rings. The number of piperazine rings is 1. The Morgan fingerprint density at radius 3 is 2.50 bits per heavy atom. The van der Waals surface area contributed by atoms with Crippen LogP contribution in [0.5, 0.6) is 0 Å². The Morgan fingerprint density at radius 2 is 1.79 bits per heavy atom. The zero-order chi connectivity index (χ0) is 23.5. The van der Waals surface area contributed by atoms with Crippen LogP contribution in [0.2, 0.25) is 0 Å². The van der Waals surface area contributed by atoms with Crippen LogP contribution in [0.1, 0.15) is 31.7 Å². The van der Waals surface area contributed by atoms with Crippen molar-refractivity contribution in [3.8, 4) is 11.1 Å². The molecule has 0 radical (unpaired) electrons. The molecule has 1 unspecified atom stereocenters. The number of hydrogen-bond donors (Lipinski definition) is 0. The molecule has 176 valence electrons. The van der Waals surface area contributed by atoms with Gasteiger partial charge in [0.1, 0.15) is 0 Å². The van der Waals surface area contributed by atoms with E-state index in [1.54, 1.807) is 0 Å². The molecule has 2 aliphatic heterocycles. The van der Waals surface area contributed by atoms with Crippen molar-refractivity contribution in [1.29, 1.82) is 0 Å². The third kappa shape index (κ3) is 4.71.